The second-order valence-corrected chi connectivity index (χ2v) is 19.7. The van der Waals surface area contributed by atoms with E-state index in [1.165, 1.54) is 128 Å². The normalized spacial score (nSPS) is 12.0. The average molecular weight is 933 g/mol. The van der Waals surface area contributed by atoms with Gasteiger partial charge in [-0.3, -0.25) is 19.2 Å². The standard InChI is InChI=1S/C57H109N3O6/c1-7-11-15-19-24-32-41-53(42-33-25-20-16-12-8-2)66-55(63)43-34-26-23-28-36-46-60(47-38-44-59-57(51(5)58-6)54(62)50-61)45-35-27-21-22-29-37-48-65-56(64)49-52(39-30-17-13-9-3)40-31-18-14-10-4/h50,52-53,58-59H,7-49H2,1-6H3/b57-51-. The van der Waals surface area contributed by atoms with Crippen molar-refractivity contribution in [2.75, 3.05) is 39.8 Å². The number of hydrogen-bond acceptors (Lipinski definition) is 9. The quantitative estimate of drug-likeness (QED) is 0.0202. The van der Waals surface area contributed by atoms with Crippen LogP contribution in [0.3, 0.4) is 0 Å². The van der Waals surface area contributed by atoms with Gasteiger partial charge in [0.2, 0.25) is 5.78 Å². The Bertz CT molecular complexity index is 1130. The fourth-order valence-electron chi connectivity index (χ4n) is 9.08. The van der Waals surface area contributed by atoms with Gasteiger partial charge < -0.3 is 25.0 Å². The zero-order valence-corrected chi connectivity index (χ0v) is 44.5. The van der Waals surface area contributed by atoms with Gasteiger partial charge in [0.25, 0.3) is 0 Å². The van der Waals surface area contributed by atoms with Crippen molar-refractivity contribution in [2.24, 2.45) is 5.92 Å². The molecular formula is C57H109N3O6. The fraction of sp³-hybridized carbons (Fsp3) is 0.895. The first kappa shape index (κ1) is 63.6. The van der Waals surface area contributed by atoms with Crippen LogP contribution >= 0.6 is 0 Å². The van der Waals surface area contributed by atoms with Crippen molar-refractivity contribution in [3.8, 4) is 0 Å². The largest absolute Gasteiger partial charge is 0.466 e. The third kappa shape index (κ3) is 40.6. The van der Waals surface area contributed by atoms with Gasteiger partial charge in [0.05, 0.1) is 6.61 Å². The first-order chi connectivity index (χ1) is 32.3. The Labute approximate surface area is 408 Å². The number of nitrogens with one attached hydrogen (secondary N) is 2. The molecule has 0 aliphatic carbocycles. The molecule has 0 atom stereocenters. The number of allylic oxidation sites excluding steroid dienone is 2. The molecule has 9 heteroatoms. The Morgan fingerprint density at radius 1 is 0.515 bits per heavy atom. The molecule has 388 valence electrons. The molecule has 2 N–H and O–H groups in total. The number of ether oxygens (including phenoxy) is 2. The van der Waals surface area contributed by atoms with Crippen LogP contribution in [0.15, 0.2) is 11.4 Å². The number of Topliss-reactive ketones (excluding diaryl/α,β-unsaturated/α-hetero) is 1. The highest BCUT2D eigenvalue weighted by atomic mass is 16.5. The first-order valence-corrected chi connectivity index (χ1v) is 28.4. The zero-order valence-electron chi connectivity index (χ0n) is 44.5. The number of nitrogens with zero attached hydrogens (tertiary/aromatic N) is 1. The summed E-state index contributed by atoms with van der Waals surface area (Å²) in [6.45, 7) is 15.0. The van der Waals surface area contributed by atoms with Crippen LogP contribution in [0.5, 0.6) is 0 Å². The van der Waals surface area contributed by atoms with Crippen LogP contribution in [0.25, 0.3) is 0 Å². The Morgan fingerprint density at radius 2 is 0.939 bits per heavy atom. The molecule has 0 aliphatic rings. The predicted molar refractivity (Wildman–Crippen MR) is 280 cm³/mol. The van der Waals surface area contributed by atoms with Gasteiger partial charge in [-0.15, -0.1) is 0 Å². The third-order valence-electron chi connectivity index (χ3n) is 13.5. The van der Waals surface area contributed by atoms with Gasteiger partial charge in [-0.25, -0.2) is 0 Å². The van der Waals surface area contributed by atoms with Crippen molar-refractivity contribution < 1.29 is 28.7 Å². The third-order valence-corrected chi connectivity index (χ3v) is 13.5. The molecule has 66 heavy (non-hydrogen) atoms. The Kier molecular flexibility index (Phi) is 47.2. The number of aldehydes is 1. The van der Waals surface area contributed by atoms with Crippen LogP contribution in [0.1, 0.15) is 279 Å². The molecule has 0 aromatic heterocycles. The van der Waals surface area contributed by atoms with Crippen molar-refractivity contribution in [3.05, 3.63) is 11.4 Å². The van der Waals surface area contributed by atoms with E-state index in [2.05, 4.69) is 43.2 Å². The molecular weight excluding hydrogens is 823 g/mol. The number of hydrogen-bond donors (Lipinski definition) is 2. The summed E-state index contributed by atoms with van der Waals surface area (Å²) in [6.07, 6.45) is 44.2. The predicted octanol–water partition coefficient (Wildman–Crippen LogP) is 15.1. The van der Waals surface area contributed by atoms with E-state index in [-0.39, 0.29) is 18.0 Å². The van der Waals surface area contributed by atoms with E-state index in [1.807, 2.05) is 0 Å². The molecule has 0 saturated carbocycles. The number of esters is 2. The van der Waals surface area contributed by atoms with Crippen LogP contribution in [0.4, 0.5) is 0 Å². The summed E-state index contributed by atoms with van der Waals surface area (Å²) >= 11 is 0. The first-order valence-electron chi connectivity index (χ1n) is 28.4. The van der Waals surface area contributed by atoms with E-state index < -0.39 is 5.78 Å². The maximum absolute atomic E-state index is 12.9. The summed E-state index contributed by atoms with van der Waals surface area (Å²) in [7, 11) is 1.76. The lowest BCUT2D eigenvalue weighted by Crippen LogP contribution is -2.31. The van der Waals surface area contributed by atoms with E-state index in [0.717, 1.165) is 122 Å². The number of ketones is 1. The molecule has 0 spiro atoms. The van der Waals surface area contributed by atoms with Gasteiger partial charge >= 0.3 is 11.9 Å². The summed E-state index contributed by atoms with van der Waals surface area (Å²) in [5, 5.41) is 6.19. The fourth-order valence-corrected chi connectivity index (χ4v) is 9.08. The number of rotatable bonds is 52. The molecule has 0 heterocycles. The second kappa shape index (κ2) is 49.0. The summed E-state index contributed by atoms with van der Waals surface area (Å²) < 4.78 is 11.8. The SMILES string of the molecule is CCCCCCCCC(CCCCCCCC)OC(=O)CCCCCCCN(CCCCCCCCOC(=O)CC(CCCCCC)CCCCCC)CCCN/C(C(=O)C=O)=C(/C)NC. The van der Waals surface area contributed by atoms with Gasteiger partial charge in [-0.05, 0) is 103 Å². The van der Waals surface area contributed by atoms with Crippen LogP contribution < -0.4 is 10.6 Å². The lowest BCUT2D eigenvalue weighted by Gasteiger charge is -2.23. The van der Waals surface area contributed by atoms with Crippen molar-refractivity contribution in [1.29, 1.82) is 0 Å². The van der Waals surface area contributed by atoms with Gasteiger partial charge in [0, 0.05) is 32.1 Å². The van der Waals surface area contributed by atoms with Crippen molar-refractivity contribution in [3.63, 3.8) is 0 Å². The van der Waals surface area contributed by atoms with Crippen LogP contribution in [0.2, 0.25) is 0 Å². The molecule has 0 aromatic rings. The van der Waals surface area contributed by atoms with E-state index in [9.17, 15) is 19.2 Å². The Morgan fingerprint density at radius 3 is 1.44 bits per heavy atom. The molecule has 0 amide bonds. The van der Waals surface area contributed by atoms with E-state index in [1.54, 1.807) is 14.0 Å². The molecule has 0 rings (SSSR count). The van der Waals surface area contributed by atoms with Crippen molar-refractivity contribution in [1.82, 2.24) is 15.5 Å². The van der Waals surface area contributed by atoms with E-state index in [0.29, 0.717) is 49.6 Å². The molecule has 0 saturated heterocycles. The summed E-state index contributed by atoms with van der Waals surface area (Å²) in [5.74, 6) is -0.0495. The molecule has 0 aromatic carbocycles. The second-order valence-electron chi connectivity index (χ2n) is 19.7. The molecule has 0 fully saturated rings. The monoisotopic (exact) mass is 932 g/mol. The maximum Gasteiger partial charge on any atom is 0.306 e. The topological polar surface area (TPSA) is 114 Å². The average Bonchev–Trinajstić information content (AvgIpc) is 3.31. The highest BCUT2D eigenvalue weighted by Crippen LogP contribution is 2.23. The molecule has 0 unspecified atom stereocenters. The zero-order chi connectivity index (χ0) is 48.6. The highest BCUT2D eigenvalue weighted by molar-refractivity contribution is 6.32. The molecule has 0 aliphatic heterocycles. The van der Waals surface area contributed by atoms with Crippen LogP contribution in [-0.4, -0.2) is 74.8 Å². The lowest BCUT2D eigenvalue weighted by atomic mass is 9.92. The summed E-state index contributed by atoms with van der Waals surface area (Å²) in [4.78, 5) is 51.6. The minimum atomic E-state index is -0.527. The number of carbonyl (C=O) groups is 4. The van der Waals surface area contributed by atoms with Gasteiger partial charge in [0.15, 0.2) is 6.29 Å². The summed E-state index contributed by atoms with van der Waals surface area (Å²) in [5.41, 5.74) is 1.02. The van der Waals surface area contributed by atoms with Gasteiger partial charge in [-0.1, -0.05) is 188 Å². The molecule has 9 nitrogen and oxygen atoms in total. The Hall–Kier alpha value is -2.42. The number of carbonyl (C=O) groups excluding carboxylic acids is 4. The molecule has 0 bridgehead atoms. The lowest BCUT2D eigenvalue weighted by molar-refractivity contribution is -0.150. The van der Waals surface area contributed by atoms with Gasteiger partial charge in [-0.2, -0.15) is 0 Å². The smallest absolute Gasteiger partial charge is 0.306 e. The van der Waals surface area contributed by atoms with Crippen molar-refractivity contribution in [2.45, 2.75) is 285 Å². The Balaban J connectivity index is 4.75. The van der Waals surface area contributed by atoms with Crippen molar-refractivity contribution >= 4 is 24.0 Å². The van der Waals surface area contributed by atoms with E-state index >= 15 is 0 Å². The summed E-state index contributed by atoms with van der Waals surface area (Å²) in [6, 6.07) is 0. The van der Waals surface area contributed by atoms with Crippen LogP contribution in [-0.2, 0) is 28.7 Å². The maximum atomic E-state index is 12.9. The minimum Gasteiger partial charge on any atom is -0.466 e. The van der Waals surface area contributed by atoms with E-state index in [4.69, 9.17) is 9.47 Å². The minimum absolute atomic E-state index is 0.00163. The van der Waals surface area contributed by atoms with Gasteiger partial charge in [0.1, 0.15) is 11.8 Å². The van der Waals surface area contributed by atoms with Crippen LogP contribution in [0, 0.1) is 5.92 Å². The molecule has 0 radical (unpaired) electrons. The number of unbranched alkanes of at least 4 members (excludes halogenated alkanes) is 25. The highest BCUT2D eigenvalue weighted by Gasteiger charge is 2.17.